The number of halogens is 3. The van der Waals surface area contributed by atoms with E-state index in [1.807, 2.05) is 6.92 Å². The normalized spacial score (nSPS) is 12.1. The highest BCUT2D eigenvalue weighted by Crippen LogP contribution is 2.29. The van der Waals surface area contributed by atoms with Crippen LogP contribution in [0.1, 0.15) is 11.3 Å². The maximum absolute atomic E-state index is 12.0. The van der Waals surface area contributed by atoms with Crippen LogP contribution in [-0.2, 0) is 17.8 Å². The average molecular weight is 297 g/mol. The van der Waals surface area contributed by atoms with Gasteiger partial charge in [0, 0.05) is 37.7 Å². The molecule has 0 atom stereocenters. The first-order valence-corrected chi connectivity index (χ1v) is 6.84. The fourth-order valence-corrected chi connectivity index (χ4v) is 2.01. The summed E-state index contributed by atoms with van der Waals surface area (Å²) in [5.41, 5.74) is -2.35. The summed E-state index contributed by atoms with van der Waals surface area (Å²) in [6.07, 6.45) is 1.78. The summed E-state index contributed by atoms with van der Waals surface area (Å²) in [7, 11) is 1.63. The van der Waals surface area contributed by atoms with Crippen molar-refractivity contribution < 1.29 is 17.9 Å². The lowest BCUT2D eigenvalue weighted by Crippen LogP contribution is -2.18. The molecule has 1 aromatic rings. The van der Waals surface area contributed by atoms with Gasteiger partial charge in [0.25, 0.3) is 0 Å². The summed E-state index contributed by atoms with van der Waals surface area (Å²) in [5.74, 6) is -0.0266. The van der Waals surface area contributed by atoms with E-state index in [1.54, 1.807) is 18.0 Å². The lowest BCUT2D eigenvalue weighted by atomic mass is 10.2. The van der Waals surface area contributed by atoms with Crippen molar-refractivity contribution in [2.24, 2.45) is 0 Å². The fourth-order valence-electron chi connectivity index (χ4n) is 1.50. The van der Waals surface area contributed by atoms with Gasteiger partial charge in [0.2, 0.25) is 0 Å². The third kappa shape index (κ3) is 6.84. The number of aromatic nitrogens is 2. The molecule has 19 heavy (non-hydrogen) atoms. The van der Waals surface area contributed by atoms with Crippen molar-refractivity contribution >= 4 is 11.8 Å². The predicted molar refractivity (Wildman–Crippen MR) is 69.1 cm³/mol. The van der Waals surface area contributed by atoms with Crippen molar-refractivity contribution in [3.8, 4) is 0 Å². The first kappa shape index (κ1) is 16.3. The summed E-state index contributed by atoms with van der Waals surface area (Å²) in [6.45, 7) is 4.09. The standard InChI is InChI=1S/C11H18F3N3OS/c1-9-10(7-15-3-5-18-2)8-17(16-9)4-6-19-11(12,13)14/h8,15H,3-7H2,1-2H3. The second-order valence-electron chi connectivity index (χ2n) is 3.97. The van der Waals surface area contributed by atoms with Gasteiger partial charge in [-0.15, -0.1) is 0 Å². The summed E-state index contributed by atoms with van der Waals surface area (Å²) in [4.78, 5) is 0. The Morgan fingerprint density at radius 2 is 2.21 bits per heavy atom. The zero-order valence-electron chi connectivity index (χ0n) is 11.0. The topological polar surface area (TPSA) is 39.1 Å². The van der Waals surface area contributed by atoms with E-state index in [9.17, 15) is 13.2 Å². The quantitative estimate of drug-likeness (QED) is 0.747. The van der Waals surface area contributed by atoms with Crippen molar-refractivity contribution in [3.05, 3.63) is 17.5 Å². The highest BCUT2D eigenvalue weighted by Gasteiger charge is 2.27. The Morgan fingerprint density at radius 3 is 2.84 bits per heavy atom. The van der Waals surface area contributed by atoms with Gasteiger partial charge in [-0.3, -0.25) is 4.68 Å². The van der Waals surface area contributed by atoms with Gasteiger partial charge >= 0.3 is 5.51 Å². The molecule has 0 bridgehead atoms. The number of nitrogens with one attached hydrogen (secondary N) is 1. The minimum Gasteiger partial charge on any atom is -0.383 e. The van der Waals surface area contributed by atoms with Gasteiger partial charge in [-0.1, -0.05) is 0 Å². The van der Waals surface area contributed by atoms with E-state index in [4.69, 9.17) is 4.74 Å². The number of rotatable bonds is 8. The first-order chi connectivity index (χ1) is 8.92. The van der Waals surface area contributed by atoms with Gasteiger partial charge in [0.15, 0.2) is 0 Å². The van der Waals surface area contributed by atoms with Crippen LogP contribution < -0.4 is 5.32 Å². The SMILES string of the molecule is COCCNCc1cn(CCSC(F)(F)F)nc1C. The molecular weight excluding hydrogens is 279 g/mol. The minimum absolute atomic E-state index is 0.0250. The van der Waals surface area contributed by atoms with Crippen molar-refractivity contribution in [3.63, 3.8) is 0 Å². The minimum atomic E-state index is -4.17. The van der Waals surface area contributed by atoms with E-state index in [0.717, 1.165) is 17.8 Å². The molecule has 0 unspecified atom stereocenters. The molecule has 0 aromatic carbocycles. The second kappa shape index (κ2) is 7.76. The molecular formula is C11H18F3N3OS. The number of hydrogen-bond acceptors (Lipinski definition) is 4. The molecule has 1 rings (SSSR count). The van der Waals surface area contributed by atoms with Crippen LogP contribution in [0.3, 0.4) is 0 Å². The van der Waals surface area contributed by atoms with Crippen molar-refractivity contribution in [1.29, 1.82) is 0 Å². The van der Waals surface area contributed by atoms with E-state index in [-0.39, 0.29) is 24.1 Å². The Bertz CT molecular complexity index is 382. The van der Waals surface area contributed by atoms with Gasteiger partial charge in [0.1, 0.15) is 0 Å². The molecule has 0 saturated heterocycles. The summed E-state index contributed by atoms with van der Waals surface area (Å²) in [6, 6.07) is 0. The zero-order chi connectivity index (χ0) is 14.3. The van der Waals surface area contributed by atoms with Crippen molar-refractivity contribution in [2.75, 3.05) is 26.0 Å². The van der Waals surface area contributed by atoms with Crippen molar-refractivity contribution in [2.45, 2.75) is 25.5 Å². The number of thioether (sulfide) groups is 1. The van der Waals surface area contributed by atoms with Crippen LogP contribution in [-0.4, -0.2) is 41.3 Å². The molecule has 1 aromatic heterocycles. The Hall–Kier alpha value is -0.730. The molecule has 1 N–H and O–H groups in total. The number of methoxy groups -OCH3 is 1. The smallest absolute Gasteiger partial charge is 0.383 e. The number of alkyl halides is 3. The van der Waals surface area contributed by atoms with E-state index >= 15 is 0 Å². The van der Waals surface area contributed by atoms with Crippen LogP contribution in [0.25, 0.3) is 0 Å². The number of nitrogens with zero attached hydrogens (tertiary/aromatic N) is 2. The summed E-state index contributed by atoms with van der Waals surface area (Å²) < 4.78 is 42.4. The molecule has 0 saturated carbocycles. The van der Waals surface area contributed by atoms with Gasteiger partial charge in [-0.2, -0.15) is 18.3 Å². The molecule has 110 valence electrons. The first-order valence-electron chi connectivity index (χ1n) is 5.85. The Balaban J connectivity index is 2.36. The largest absolute Gasteiger partial charge is 0.441 e. The highest BCUT2D eigenvalue weighted by atomic mass is 32.2. The Kier molecular flexibility index (Phi) is 6.67. The molecule has 0 radical (unpaired) electrons. The van der Waals surface area contributed by atoms with E-state index in [0.29, 0.717) is 13.2 Å². The van der Waals surface area contributed by atoms with Gasteiger partial charge < -0.3 is 10.1 Å². The zero-order valence-corrected chi connectivity index (χ0v) is 11.8. The second-order valence-corrected chi connectivity index (χ2v) is 5.13. The molecule has 1 heterocycles. The molecule has 0 fully saturated rings. The van der Waals surface area contributed by atoms with Crippen LogP contribution >= 0.6 is 11.8 Å². The average Bonchev–Trinajstić information content (AvgIpc) is 2.64. The third-order valence-electron chi connectivity index (χ3n) is 2.43. The highest BCUT2D eigenvalue weighted by molar-refractivity contribution is 8.00. The van der Waals surface area contributed by atoms with Crippen LogP contribution in [0.2, 0.25) is 0 Å². The third-order valence-corrected chi connectivity index (χ3v) is 3.15. The number of ether oxygens (including phenoxy) is 1. The number of hydrogen-bond donors (Lipinski definition) is 1. The molecule has 0 spiro atoms. The van der Waals surface area contributed by atoms with Crippen LogP contribution in [0.5, 0.6) is 0 Å². The fraction of sp³-hybridized carbons (Fsp3) is 0.727. The lowest BCUT2D eigenvalue weighted by molar-refractivity contribution is -0.0328. The van der Waals surface area contributed by atoms with Crippen molar-refractivity contribution in [1.82, 2.24) is 15.1 Å². The van der Waals surface area contributed by atoms with Gasteiger partial charge in [-0.05, 0) is 18.7 Å². The Morgan fingerprint density at radius 1 is 1.47 bits per heavy atom. The molecule has 0 aliphatic carbocycles. The monoisotopic (exact) mass is 297 g/mol. The molecule has 0 aliphatic rings. The Labute approximate surface area is 114 Å². The molecule has 0 aliphatic heterocycles. The van der Waals surface area contributed by atoms with Gasteiger partial charge in [0.05, 0.1) is 18.8 Å². The number of aryl methyl sites for hydroxylation is 2. The van der Waals surface area contributed by atoms with E-state index in [1.165, 1.54) is 0 Å². The molecule has 8 heteroatoms. The molecule has 0 amide bonds. The predicted octanol–water partition coefficient (Wildman–Crippen LogP) is 2.18. The van der Waals surface area contributed by atoms with Crippen LogP contribution in [0.4, 0.5) is 13.2 Å². The maximum Gasteiger partial charge on any atom is 0.441 e. The van der Waals surface area contributed by atoms with E-state index < -0.39 is 5.51 Å². The van der Waals surface area contributed by atoms with Crippen LogP contribution in [0.15, 0.2) is 6.20 Å². The summed E-state index contributed by atoms with van der Waals surface area (Å²) >= 11 is -0.0250. The lowest BCUT2D eigenvalue weighted by Gasteiger charge is -2.05. The summed E-state index contributed by atoms with van der Waals surface area (Å²) in [5, 5.41) is 7.37. The van der Waals surface area contributed by atoms with Gasteiger partial charge in [-0.25, -0.2) is 0 Å². The molecule has 4 nitrogen and oxygen atoms in total. The van der Waals surface area contributed by atoms with Crippen LogP contribution in [0, 0.1) is 6.92 Å². The maximum atomic E-state index is 12.0. The van der Waals surface area contributed by atoms with E-state index in [2.05, 4.69) is 10.4 Å².